The summed E-state index contributed by atoms with van der Waals surface area (Å²) in [6, 6.07) is 10.1. The zero-order valence-electron chi connectivity index (χ0n) is 13.6. The minimum Gasteiger partial charge on any atom is -0.481 e. The van der Waals surface area contributed by atoms with Gasteiger partial charge in [0.1, 0.15) is 0 Å². The number of carbonyl (C=O) groups is 2. The van der Waals surface area contributed by atoms with Crippen LogP contribution < -0.4 is 0 Å². The van der Waals surface area contributed by atoms with Crippen LogP contribution in [0.15, 0.2) is 30.3 Å². The van der Waals surface area contributed by atoms with E-state index in [0.717, 1.165) is 25.9 Å². The van der Waals surface area contributed by atoms with Crippen LogP contribution in [0.2, 0.25) is 0 Å². The van der Waals surface area contributed by atoms with Gasteiger partial charge in [-0.05, 0) is 38.3 Å². The molecule has 0 radical (unpaired) electrons. The average Bonchev–Trinajstić information content (AvgIpc) is 3.15. The van der Waals surface area contributed by atoms with Crippen LogP contribution in [0.3, 0.4) is 0 Å². The topological polar surface area (TPSA) is 60.9 Å². The predicted octanol–water partition coefficient (Wildman–Crippen LogP) is 1.97. The molecule has 1 aromatic rings. The van der Waals surface area contributed by atoms with E-state index < -0.39 is 11.4 Å². The normalized spacial score (nSPS) is 28.2. The van der Waals surface area contributed by atoms with Gasteiger partial charge in [-0.25, -0.2) is 0 Å². The summed E-state index contributed by atoms with van der Waals surface area (Å²) >= 11 is 0. The van der Waals surface area contributed by atoms with Crippen LogP contribution in [0.1, 0.15) is 31.7 Å². The number of likely N-dealkylation sites (tertiary alicyclic amines) is 2. The largest absolute Gasteiger partial charge is 0.481 e. The van der Waals surface area contributed by atoms with Gasteiger partial charge in [0.05, 0.1) is 11.5 Å². The van der Waals surface area contributed by atoms with Crippen molar-refractivity contribution in [2.45, 2.75) is 38.8 Å². The molecule has 3 rings (SSSR count). The fraction of sp³-hybridized carbons (Fsp3) is 0.556. The van der Waals surface area contributed by atoms with Crippen molar-refractivity contribution in [1.29, 1.82) is 0 Å². The molecule has 5 heteroatoms. The van der Waals surface area contributed by atoms with Crippen molar-refractivity contribution >= 4 is 11.9 Å². The number of amides is 1. The molecule has 0 spiro atoms. The SMILES string of the molecule is C[C@]1(C(=O)O)CCN(C(=O)[C@@H]2CCCN2Cc2ccccc2)C1. The highest BCUT2D eigenvalue weighted by molar-refractivity contribution is 5.84. The molecule has 2 fully saturated rings. The lowest BCUT2D eigenvalue weighted by atomic mass is 9.90. The van der Waals surface area contributed by atoms with Gasteiger partial charge in [-0.2, -0.15) is 0 Å². The van der Waals surface area contributed by atoms with E-state index in [1.165, 1.54) is 5.56 Å². The minimum absolute atomic E-state index is 0.100. The minimum atomic E-state index is -0.805. The maximum atomic E-state index is 12.8. The van der Waals surface area contributed by atoms with Gasteiger partial charge in [0.25, 0.3) is 0 Å². The van der Waals surface area contributed by atoms with Gasteiger partial charge in [0, 0.05) is 19.6 Å². The number of carbonyl (C=O) groups excluding carboxylic acids is 1. The highest BCUT2D eigenvalue weighted by atomic mass is 16.4. The highest BCUT2D eigenvalue weighted by Crippen LogP contribution is 2.32. The van der Waals surface area contributed by atoms with Crippen LogP contribution >= 0.6 is 0 Å². The number of benzene rings is 1. The molecule has 1 N–H and O–H groups in total. The van der Waals surface area contributed by atoms with Gasteiger partial charge >= 0.3 is 5.97 Å². The summed E-state index contributed by atoms with van der Waals surface area (Å²) in [6.45, 7) is 4.32. The van der Waals surface area contributed by atoms with Crippen LogP contribution in [0, 0.1) is 5.41 Å². The number of carboxylic acids is 1. The van der Waals surface area contributed by atoms with Gasteiger partial charge in [0.15, 0.2) is 0 Å². The first kappa shape index (κ1) is 16.0. The van der Waals surface area contributed by atoms with Crippen molar-refractivity contribution < 1.29 is 14.7 Å². The van der Waals surface area contributed by atoms with Crippen molar-refractivity contribution in [2.75, 3.05) is 19.6 Å². The lowest BCUT2D eigenvalue weighted by Gasteiger charge is -2.28. The Labute approximate surface area is 136 Å². The van der Waals surface area contributed by atoms with Crippen molar-refractivity contribution in [3.05, 3.63) is 35.9 Å². The first-order valence-corrected chi connectivity index (χ1v) is 8.30. The van der Waals surface area contributed by atoms with Crippen LogP contribution in [-0.2, 0) is 16.1 Å². The van der Waals surface area contributed by atoms with Gasteiger partial charge in [-0.15, -0.1) is 0 Å². The van der Waals surface area contributed by atoms with Crippen molar-refractivity contribution in [3.8, 4) is 0 Å². The fourth-order valence-electron chi connectivity index (χ4n) is 3.65. The third-order valence-corrected chi connectivity index (χ3v) is 5.18. The Balaban J connectivity index is 1.66. The van der Waals surface area contributed by atoms with Crippen LogP contribution in [-0.4, -0.2) is 52.5 Å². The zero-order chi connectivity index (χ0) is 16.4. The Morgan fingerprint density at radius 1 is 1.26 bits per heavy atom. The standard InChI is InChI=1S/C18H24N2O3/c1-18(17(22)23)9-11-20(13-18)16(21)15-8-5-10-19(15)12-14-6-3-2-4-7-14/h2-4,6-7,15H,5,8-13H2,1H3,(H,22,23)/t15-,18-/m0/s1. The molecule has 1 amide bonds. The molecule has 0 aromatic heterocycles. The molecule has 0 aliphatic carbocycles. The molecule has 0 bridgehead atoms. The van der Waals surface area contributed by atoms with Gasteiger partial charge in [0.2, 0.25) is 5.91 Å². The average molecular weight is 316 g/mol. The summed E-state index contributed by atoms with van der Waals surface area (Å²) in [5, 5.41) is 9.34. The first-order valence-electron chi connectivity index (χ1n) is 8.30. The van der Waals surface area contributed by atoms with E-state index in [0.29, 0.717) is 19.5 Å². The molecular weight excluding hydrogens is 292 g/mol. The Hall–Kier alpha value is -1.88. The number of rotatable bonds is 4. The van der Waals surface area contributed by atoms with E-state index in [9.17, 15) is 14.7 Å². The highest BCUT2D eigenvalue weighted by Gasteiger charge is 2.44. The van der Waals surface area contributed by atoms with E-state index in [2.05, 4.69) is 17.0 Å². The fourth-order valence-corrected chi connectivity index (χ4v) is 3.65. The summed E-state index contributed by atoms with van der Waals surface area (Å²) in [4.78, 5) is 28.2. The second kappa shape index (κ2) is 6.32. The van der Waals surface area contributed by atoms with E-state index in [-0.39, 0.29) is 11.9 Å². The lowest BCUT2D eigenvalue weighted by molar-refractivity contribution is -0.147. The number of aliphatic carboxylic acids is 1. The lowest BCUT2D eigenvalue weighted by Crippen LogP contribution is -2.45. The molecule has 0 saturated carbocycles. The van der Waals surface area contributed by atoms with E-state index >= 15 is 0 Å². The van der Waals surface area contributed by atoms with Crippen molar-refractivity contribution in [1.82, 2.24) is 9.80 Å². The Morgan fingerprint density at radius 2 is 2.00 bits per heavy atom. The maximum Gasteiger partial charge on any atom is 0.311 e. The molecule has 2 heterocycles. The van der Waals surface area contributed by atoms with E-state index in [1.54, 1.807) is 11.8 Å². The van der Waals surface area contributed by atoms with Crippen LogP contribution in [0.5, 0.6) is 0 Å². The summed E-state index contributed by atoms with van der Waals surface area (Å²) in [5.74, 6) is -0.705. The second-order valence-electron chi connectivity index (χ2n) is 6.99. The van der Waals surface area contributed by atoms with Crippen molar-refractivity contribution in [2.24, 2.45) is 5.41 Å². The monoisotopic (exact) mass is 316 g/mol. The predicted molar refractivity (Wildman–Crippen MR) is 86.8 cm³/mol. The third-order valence-electron chi connectivity index (χ3n) is 5.18. The number of hydrogen-bond donors (Lipinski definition) is 1. The van der Waals surface area contributed by atoms with Crippen molar-refractivity contribution in [3.63, 3.8) is 0 Å². The molecule has 2 saturated heterocycles. The Morgan fingerprint density at radius 3 is 2.65 bits per heavy atom. The zero-order valence-corrected chi connectivity index (χ0v) is 13.6. The smallest absolute Gasteiger partial charge is 0.311 e. The summed E-state index contributed by atoms with van der Waals surface area (Å²) < 4.78 is 0. The number of hydrogen-bond acceptors (Lipinski definition) is 3. The second-order valence-corrected chi connectivity index (χ2v) is 6.99. The van der Waals surface area contributed by atoms with E-state index in [1.807, 2.05) is 18.2 Å². The summed E-state index contributed by atoms with van der Waals surface area (Å²) in [5.41, 5.74) is 0.419. The first-order chi connectivity index (χ1) is 11.0. The Kier molecular flexibility index (Phi) is 4.39. The van der Waals surface area contributed by atoms with Gasteiger partial charge in [-0.3, -0.25) is 14.5 Å². The molecule has 2 atom stereocenters. The molecule has 5 nitrogen and oxygen atoms in total. The summed E-state index contributed by atoms with van der Waals surface area (Å²) in [7, 11) is 0. The quantitative estimate of drug-likeness (QED) is 0.922. The molecule has 23 heavy (non-hydrogen) atoms. The third kappa shape index (κ3) is 3.24. The summed E-state index contributed by atoms with van der Waals surface area (Å²) in [6.07, 6.45) is 2.43. The molecule has 2 aliphatic heterocycles. The number of carboxylic acid groups (broad SMARTS) is 1. The molecule has 124 valence electrons. The van der Waals surface area contributed by atoms with Crippen LogP contribution in [0.25, 0.3) is 0 Å². The molecule has 1 aromatic carbocycles. The maximum absolute atomic E-state index is 12.8. The van der Waals surface area contributed by atoms with Crippen LogP contribution in [0.4, 0.5) is 0 Å². The molecule has 0 unspecified atom stereocenters. The number of nitrogens with zero attached hydrogens (tertiary/aromatic N) is 2. The van der Waals surface area contributed by atoms with Gasteiger partial charge in [-0.1, -0.05) is 30.3 Å². The molecular formula is C18H24N2O3. The van der Waals surface area contributed by atoms with Gasteiger partial charge < -0.3 is 10.0 Å². The molecule has 2 aliphatic rings. The van der Waals surface area contributed by atoms with E-state index in [4.69, 9.17) is 0 Å². The Bertz CT molecular complexity index is 589.